The number of aryl methyl sites for hydroxylation is 2. The molecule has 9 heteroatoms. The van der Waals surface area contributed by atoms with Gasteiger partial charge in [-0.3, -0.25) is 4.68 Å². The number of nitrogens with zero attached hydrogens (tertiary/aromatic N) is 6. The molecule has 0 aliphatic heterocycles. The van der Waals surface area contributed by atoms with E-state index in [0.717, 1.165) is 23.5 Å². The van der Waals surface area contributed by atoms with Crippen molar-refractivity contribution in [2.75, 3.05) is 0 Å². The van der Waals surface area contributed by atoms with E-state index >= 15 is 0 Å². The van der Waals surface area contributed by atoms with Crippen molar-refractivity contribution in [1.29, 1.82) is 0 Å². The van der Waals surface area contributed by atoms with Crippen LogP contribution < -0.4 is 0 Å². The number of fused-ring (bicyclic) bond motifs is 1. The lowest BCUT2D eigenvalue weighted by Crippen LogP contribution is -1.98. The second-order valence-electron chi connectivity index (χ2n) is 5.05. The third-order valence-electron chi connectivity index (χ3n) is 3.39. The molecular formula is C14H10F2N6S. The Hall–Kier alpha value is -2.68. The Bertz CT molecular complexity index is 1030. The second kappa shape index (κ2) is 4.92. The molecule has 0 aliphatic rings. The van der Waals surface area contributed by atoms with Gasteiger partial charge in [0.25, 0.3) is 0 Å². The van der Waals surface area contributed by atoms with E-state index in [1.807, 2.05) is 20.0 Å². The lowest BCUT2D eigenvalue weighted by Gasteiger charge is -1.98. The zero-order chi connectivity index (χ0) is 16.1. The van der Waals surface area contributed by atoms with Gasteiger partial charge in [-0.25, -0.2) is 8.78 Å². The maximum atomic E-state index is 13.4. The van der Waals surface area contributed by atoms with Crippen molar-refractivity contribution in [3.63, 3.8) is 0 Å². The second-order valence-corrected chi connectivity index (χ2v) is 6.00. The van der Waals surface area contributed by atoms with Gasteiger partial charge in [0.15, 0.2) is 11.6 Å². The van der Waals surface area contributed by atoms with Crippen LogP contribution in [0.3, 0.4) is 0 Å². The number of rotatable bonds is 2. The normalized spacial score (nSPS) is 11.5. The average Bonchev–Trinajstić information content (AvgIpc) is 3.16. The highest BCUT2D eigenvalue weighted by Crippen LogP contribution is 2.28. The molecule has 0 aliphatic carbocycles. The highest BCUT2D eigenvalue weighted by Gasteiger charge is 2.18. The Morgan fingerprint density at radius 3 is 2.57 bits per heavy atom. The van der Waals surface area contributed by atoms with E-state index in [2.05, 4.69) is 20.4 Å². The molecule has 4 rings (SSSR count). The maximum absolute atomic E-state index is 13.4. The summed E-state index contributed by atoms with van der Waals surface area (Å²) in [6, 6.07) is 5.57. The first-order valence-corrected chi connectivity index (χ1v) is 7.53. The summed E-state index contributed by atoms with van der Waals surface area (Å²) in [4.78, 5) is 0.568. The van der Waals surface area contributed by atoms with Crippen LogP contribution in [0, 0.1) is 18.6 Å². The summed E-state index contributed by atoms with van der Waals surface area (Å²) in [6.45, 7) is 1.88. The first-order chi connectivity index (χ1) is 11.0. The van der Waals surface area contributed by atoms with Gasteiger partial charge in [-0.2, -0.15) is 14.7 Å². The van der Waals surface area contributed by atoms with Crippen molar-refractivity contribution in [2.24, 2.45) is 7.05 Å². The molecule has 0 saturated carbocycles. The fraction of sp³-hybridized carbons (Fsp3) is 0.143. The van der Waals surface area contributed by atoms with Crippen LogP contribution in [-0.4, -0.2) is 29.6 Å². The topological polar surface area (TPSA) is 60.9 Å². The third kappa shape index (κ3) is 2.20. The van der Waals surface area contributed by atoms with Crippen LogP contribution in [0.25, 0.3) is 27.1 Å². The maximum Gasteiger partial charge on any atom is 0.235 e. The molecular weight excluding hydrogens is 322 g/mol. The predicted octanol–water partition coefficient (Wildman–Crippen LogP) is 2.84. The summed E-state index contributed by atoms with van der Waals surface area (Å²) in [5.41, 5.74) is 2.12. The van der Waals surface area contributed by atoms with Gasteiger partial charge in [-0.1, -0.05) is 11.3 Å². The summed E-state index contributed by atoms with van der Waals surface area (Å²) in [5.74, 6) is -1.24. The van der Waals surface area contributed by atoms with Crippen molar-refractivity contribution in [1.82, 2.24) is 29.6 Å². The molecule has 3 aromatic heterocycles. The fourth-order valence-corrected chi connectivity index (χ4v) is 3.18. The Morgan fingerprint density at radius 1 is 1.04 bits per heavy atom. The summed E-state index contributed by atoms with van der Waals surface area (Å²) in [5, 5.41) is 17.5. The van der Waals surface area contributed by atoms with Crippen LogP contribution >= 0.6 is 11.3 Å². The minimum absolute atomic E-state index is 0.492. The molecule has 0 N–H and O–H groups in total. The first kappa shape index (κ1) is 13.9. The van der Waals surface area contributed by atoms with Crippen LogP contribution in [0.2, 0.25) is 0 Å². The Labute approximate surface area is 133 Å². The summed E-state index contributed by atoms with van der Waals surface area (Å²) in [7, 11) is 1.81. The van der Waals surface area contributed by atoms with Crippen LogP contribution in [0.4, 0.5) is 8.78 Å². The van der Waals surface area contributed by atoms with Gasteiger partial charge in [0.2, 0.25) is 10.8 Å². The average molecular weight is 332 g/mol. The number of benzene rings is 1. The van der Waals surface area contributed by atoms with Gasteiger partial charge < -0.3 is 0 Å². The molecule has 116 valence electrons. The first-order valence-electron chi connectivity index (χ1n) is 6.71. The zero-order valence-corrected chi connectivity index (χ0v) is 13.0. The van der Waals surface area contributed by atoms with Crippen LogP contribution in [0.15, 0.2) is 24.3 Å². The Kier molecular flexibility index (Phi) is 2.98. The van der Waals surface area contributed by atoms with Gasteiger partial charge in [0.1, 0.15) is 10.7 Å². The minimum Gasteiger partial charge on any atom is -0.264 e. The minimum atomic E-state index is -0.907. The largest absolute Gasteiger partial charge is 0.264 e. The predicted molar refractivity (Wildman–Crippen MR) is 81.0 cm³/mol. The molecule has 1 aromatic carbocycles. The SMILES string of the molecule is Cc1cc(-c2nnc3sc(-c4ccc(F)c(F)c4)nn23)n(C)n1. The molecule has 0 spiro atoms. The monoisotopic (exact) mass is 332 g/mol. The fourth-order valence-electron chi connectivity index (χ4n) is 2.34. The van der Waals surface area contributed by atoms with Crippen molar-refractivity contribution < 1.29 is 8.78 Å². The molecule has 0 amide bonds. The van der Waals surface area contributed by atoms with Crippen molar-refractivity contribution in [3.05, 3.63) is 41.6 Å². The third-order valence-corrected chi connectivity index (χ3v) is 4.34. The summed E-state index contributed by atoms with van der Waals surface area (Å²) < 4.78 is 29.7. The van der Waals surface area contributed by atoms with Gasteiger partial charge >= 0.3 is 0 Å². The molecule has 0 unspecified atom stereocenters. The van der Waals surface area contributed by atoms with Gasteiger partial charge in [-0.05, 0) is 31.2 Å². The molecule has 0 fully saturated rings. The Balaban J connectivity index is 1.86. The van der Waals surface area contributed by atoms with E-state index in [0.29, 0.717) is 21.4 Å². The number of halogens is 2. The van der Waals surface area contributed by atoms with E-state index < -0.39 is 11.6 Å². The highest BCUT2D eigenvalue weighted by molar-refractivity contribution is 7.19. The van der Waals surface area contributed by atoms with E-state index in [1.165, 1.54) is 17.4 Å². The van der Waals surface area contributed by atoms with Gasteiger partial charge in [0, 0.05) is 12.6 Å². The lowest BCUT2D eigenvalue weighted by atomic mass is 10.2. The van der Waals surface area contributed by atoms with Crippen molar-refractivity contribution >= 4 is 16.3 Å². The smallest absolute Gasteiger partial charge is 0.235 e. The molecule has 0 atom stereocenters. The lowest BCUT2D eigenvalue weighted by molar-refractivity contribution is 0.509. The molecule has 4 aromatic rings. The molecule has 0 bridgehead atoms. The molecule has 0 radical (unpaired) electrons. The molecule has 3 heterocycles. The molecule has 6 nitrogen and oxygen atoms in total. The van der Waals surface area contributed by atoms with E-state index in [4.69, 9.17) is 0 Å². The summed E-state index contributed by atoms with van der Waals surface area (Å²) in [6.07, 6.45) is 0. The zero-order valence-electron chi connectivity index (χ0n) is 12.2. The number of aromatic nitrogens is 6. The van der Waals surface area contributed by atoms with Gasteiger partial charge in [0.05, 0.1) is 5.69 Å². The van der Waals surface area contributed by atoms with Crippen molar-refractivity contribution in [2.45, 2.75) is 6.92 Å². The Morgan fingerprint density at radius 2 is 1.87 bits per heavy atom. The molecule has 23 heavy (non-hydrogen) atoms. The number of hydrogen-bond acceptors (Lipinski definition) is 5. The van der Waals surface area contributed by atoms with E-state index in [1.54, 1.807) is 9.20 Å². The highest BCUT2D eigenvalue weighted by atomic mass is 32.1. The van der Waals surface area contributed by atoms with Crippen molar-refractivity contribution in [3.8, 4) is 22.1 Å². The van der Waals surface area contributed by atoms with Gasteiger partial charge in [-0.15, -0.1) is 10.2 Å². The van der Waals surface area contributed by atoms with Crippen LogP contribution in [-0.2, 0) is 7.05 Å². The van der Waals surface area contributed by atoms with Crippen LogP contribution in [0.5, 0.6) is 0 Å². The van der Waals surface area contributed by atoms with Crippen LogP contribution in [0.1, 0.15) is 5.69 Å². The van der Waals surface area contributed by atoms with E-state index in [9.17, 15) is 8.78 Å². The van der Waals surface area contributed by atoms with E-state index in [-0.39, 0.29) is 0 Å². The molecule has 0 saturated heterocycles. The standard InChI is InChI=1S/C14H10F2N6S/c1-7-5-11(21(2)19-7)12-17-18-14-22(12)20-13(23-14)8-3-4-9(15)10(16)6-8/h3-6H,1-2H3. The summed E-state index contributed by atoms with van der Waals surface area (Å²) >= 11 is 1.25. The number of hydrogen-bond donors (Lipinski definition) is 0. The quantitative estimate of drug-likeness (QED) is 0.566.